The molecule has 0 saturated heterocycles. The molecule has 0 bridgehead atoms. The third-order valence-corrected chi connectivity index (χ3v) is 3.71. The number of hydrogen-bond donors (Lipinski definition) is 1. The topological polar surface area (TPSA) is 38.0 Å². The molecule has 1 aromatic rings. The number of allylic oxidation sites excluding steroid dienone is 1. The molecule has 0 fully saturated rings. The molecular weight excluding hydrogens is 280 g/mol. The van der Waals surface area contributed by atoms with Gasteiger partial charge >= 0.3 is 0 Å². The lowest BCUT2D eigenvalue weighted by atomic mass is 10.1. The van der Waals surface area contributed by atoms with Gasteiger partial charge in [0.25, 0.3) is 0 Å². The summed E-state index contributed by atoms with van der Waals surface area (Å²) in [6.45, 7) is 4.24. The van der Waals surface area contributed by atoms with E-state index in [1.165, 1.54) is 5.57 Å². The number of aromatic nitrogens is 2. The first-order valence-corrected chi connectivity index (χ1v) is 7.01. The van der Waals surface area contributed by atoms with Crippen LogP contribution < -0.4 is 0 Å². The van der Waals surface area contributed by atoms with Crippen molar-refractivity contribution in [3.05, 3.63) is 22.4 Å². The minimum Gasteiger partial charge on any atom is -0.389 e. The SMILES string of the molecule is CC(C)n1ncc(Br)c1C1=CC(O)CCCC1. The third kappa shape index (κ3) is 2.80. The van der Waals surface area contributed by atoms with Gasteiger partial charge in [-0.05, 0) is 54.6 Å². The Kier molecular flexibility index (Phi) is 4.05. The van der Waals surface area contributed by atoms with Crippen LogP contribution in [0.1, 0.15) is 51.3 Å². The molecule has 1 heterocycles. The van der Waals surface area contributed by atoms with E-state index in [2.05, 4.69) is 34.9 Å². The number of rotatable bonds is 2. The fourth-order valence-corrected chi connectivity index (χ4v) is 2.83. The second kappa shape index (κ2) is 5.36. The number of nitrogens with zero attached hydrogens (tertiary/aromatic N) is 2. The van der Waals surface area contributed by atoms with Gasteiger partial charge < -0.3 is 5.11 Å². The maximum absolute atomic E-state index is 9.86. The first-order chi connectivity index (χ1) is 8.09. The van der Waals surface area contributed by atoms with Crippen molar-refractivity contribution in [3.63, 3.8) is 0 Å². The van der Waals surface area contributed by atoms with E-state index >= 15 is 0 Å². The normalized spacial score (nSPS) is 21.5. The van der Waals surface area contributed by atoms with Crippen LogP contribution in [0.5, 0.6) is 0 Å². The Morgan fingerprint density at radius 1 is 1.47 bits per heavy atom. The Bertz CT molecular complexity index is 423. The zero-order chi connectivity index (χ0) is 12.4. The molecule has 1 aliphatic carbocycles. The first-order valence-electron chi connectivity index (χ1n) is 6.21. The quantitative estimate of drug-likeness (QED) is 0.907. The Balaban J connectivity index is 2.41. The van der Waals surface area contributed by atoms with Crippen LogP contribution >= 0.6 is 15.9 Å². The molecular formula is C13H19BrN2O. The molecule has 0 aliphatic heterocycles. The third-order valence-electron chi connectivity index (χ3n) is 3.13. The van der Waals surface area contributed by atoms with E-state index in [0.29, 0.717) is 6.04 Å². The van der Waals surface area contributed by atoms with Crippen LogP contribution in [0.2, 0.25) is 0 Å². The molecule has 0 amide bonds. The lowest BCUT2D eigenvalue weighted by molar-refractivity contribution is 0.211. The number of aliphatic hydroxyl groups excluding tert-OH is 1. The molecule has 1 atom stereocenters. The van der Waals surface area contributed by atoms with Crippen molar-refractivity contribution in [1.29, 1.82) is 0 Å². The predicted molar refractivity (Wildman–Crippen MR) is 72.8 cm³/mol. The highest BCUT2D eigenvalue weighted by molar-refractivity contribution is 9.10. The summed E-state index contributed by atoms with van der Waals surface area (Å²) in [5, 5.41) is 14.3. The molecule has 0 aromatic carbocycles. The summed E-state index contributed by atoms with van der Waals surface area (Å²) in [5.74, 6) is 0. The molecule has 1 N–H and O–H groups in total. The molecule has 94 valence electrons. The van der Waals surface area contributed by atoms with E-state index in [9.17, 15) is 5.11 Å². The van der Waals surface area contributed by atoms with E-state index < -0.39 is 0 Å². The minimum absolute atomic E-state index is 0.310. The van der Waals surface area contributed by atoms with Crippen molar-refractivity contribution in [1.82, 2.24) is 9.78 Å². The summed E-state index contributed by atoms with van der Waals surface area (Å²) < 4.78 is 3.04. The zero-order valence-electron chi connectivity index (χ0n) is 10.4. The van der Waals surface area contributed by atoms with Crippen LogP contribution in [0.15, 0.2) is 16.7 Å². The van der Waals surface area contributed by atoms with Crippen LogP contribution in [0.25, 0.3) is 5.57 Å². The average Bonchev–Trinajstić information content (AvgIpc) is 2.52. The highest BCUT2D eigenvalue weighted by Gasteiger charge is 2.18. The van der Waals surface area contributed by atoms with Crippen molar-refractivity contribution in [2.45, 2.75) is 51.7 Å². The monoisotopic (exact) mass is 298 g/mol. The smallest absolute Gasteiger partial charge is 0.0785 e. The summed E-state index contributed by atoms with van der Waals surface area (Å²) in [7, 11) is 0. The van der Waals surface area contributed by atoms with Gasteiger partial charge in [0.15, 0.2) is 0 Å². The van der Waals surface area contributed by atoms with E-state index in [-0.39, 0.29) is 6.10 Å². The van der Waals surface area contributed by atoms with Crippen molar-refractivity contribution in [2.24, 2.45) is 0 Å². The van der Waals surface area contributed by atoms with Gasteiger partial charge in [-0.2, -0.15) is 5.10 Å². The molecule has 1 aromatic heterocycles. The molecule has 2 rings (SSSR count). The molecule has 1 aliphatic rings. The predicted octanol–water partition coefficient (Wildman–Crippen LogP) is 3.54. The standard InChI is InChI=1S/C13H19BrN2O/c1-9(2)16-13(12(14)8-15-16)10-5-3-4-6-11(17)7-10/h7-9,11,17H,3-6H2,1-2H3. The van der Waals surface area contributed by atoms with Crippen molar-refractivity contribution >= 4 is 21.5 Å². The van der Waals surface area contributed by atoms with Gasteiger partial charge in [-0.1, -0.05) is 12.5 Å². The highest BCUT2D eigenvalue weighted by Crippen LogP contribution is 2.32. The van der Waals surface area contributed by atoms with Crippen LogP contribution in [-0.4, -0.2) is 21.0 Å². The molecule has 0 radical (unpaired) electrons. The van der Waals surface area contributed by atoms with E-state index in [0.717, 1.165) is 35.8 Å². The number of halogens is 1. The Hall–Kier alpha value is -0.610. The lowest BCUT2D eigenvalue weighted by Crippen LogP contribution is -2.08. The molecule has 0 saturated carbocycles. The fourth-order valence-electron chi connectivity index (χ4n) is 2.30. The Labute approximate surface area is 111 Å². The first kappa shape index (κ1) is 12.8. The maximum atomic E-state index is 9.86. The van der Waals surface area contributed by atoms with Gasteiger partial charge in [0, 0.05) is 6.04 Å². The van der Waals surface area contributed by atoms with Gasteiger partial charge in [-0.3, -0.25) is 4.68 Å². The molecule has 0 spiro atoms. The molecule has 1 unspecified atom stereocenters. The van der Waals surface area contributed by atoms with Crippen LogP contribution in [0, 0.1) is 0 Å². The summed E-state index contributed by atoms with van der Waals surface area (Å²) in [5.41, 5.74) is 2.34. The van der Waals surface area contributed by atoms with Gasteiger partial charge in [-0.15, -0.1) is 0 Å². The summed E-state index contributed by atoms with van der Waals surface area (Å²) in [6, 6.07) is 0.331. The van der Waals surface area contributed by atoms with E-state index in [1.807, 2.05) is 17.0 Å². The maximum Gasteiger partial charge on any atom is 0.0785 e. The number of hydrogen-bond acceptors (Lipinski definition) is 2. The van der Waals surface area contributed by atoms with Crippen LogP contribution in [0.3, 0.4) is 0 Å². The minimum atomic E-state index is -0.310. The van der Waals surface area contributed by atoms with Crippen molar-refractivity contribution < 1.29 is 5.11 Å². The number of aliphatic hydroxyl groups is 1. The summed E-state index contributed by atoms with van der Waals surface area (Å²) in [4.78, 5) is 0. The zero-order valence-corrected chi connectivity index (χ0v) is 11.9. The molecule has 17 heavy (non-hydrogen) atoms. The Morgan fingerprint density at radius 2 is 2.24 bits per heavy atom. The van der Waals surface area contributed by atoms with E-state index in [1.54, 1.807) is 0 Å². The van der Waals surface area contributed by atoms with Gasteiger partial charge in [0.05, 0.1) is 22.5 Å². The van der Waals surface area contributed by atoms with Crippen LogP contribution in [0.4, 0.5) is 0 Å². The second-order valence-electron chi connectivity index (χ2n) is 4.88. The lowest BCUT2D eigenvalue weighted by Gasteiger charge is -2.14. The van der Waals surface area contributed by atoms with Gasteiger partial charge in [-0.25, -0.2) is 0 Å². The van der Waals surface area contributed by atoms with E-state index in [4.69, 9.17) is 0 Å². The largest absolute Gasteiger partial charge is 0.389 e. The van der Waals surface area contributed by atoms with Crippen molar-refractivity contribution in [3.8, 4) is 0 Å². The molecule has 3 nitrogen and oxygen atoms in total. The fraction of sp³-hybridized carbons (Fsp3) is 0.615. The Morgan fingerprint density at radius 3 is 2.94 bits per heavy atom. The summed E-state index contributed by atoms with van der Waals surface area (Å²) in [6.07, 6.45) is 7.65. The highest BCUT2D eigenvalue weighted by atomic mass is 79.9. The van der Waals surface area contributed by atoms with Gasteiger partial charge in [0.2, 0.25) is 0 Å². The van der Waals surface area contributed by atoms with Crippen LogP contribution in [-0.2, 0) is 0 Å². The molecule has 4 heteroatoms. The average molecular weight is 299 g/mol. The van der Waals surface area contributed by atoms with Gasteiger partial charge in [0.1, 0.15) is 0 Å². The second-order valence-corrected chi connectivity index (χ2v) is 5.74. The van der Waals surface area contributed by atoms with Crippen molar-refractivity contribution in [2.75, 3.05) is 0 Å². The summed E-state index contributed by atoms with van der Waals surface area (Å²) >= 11 is 3.56.